The maximum atomic E-state index is 12.1. The van der Waals surface area contributed by atoms with Gasteiger partial charge in [-0.25, -0.2) is 0 Å². The zero-order chi connectivity index (χ0) is 12.3. The fourth-order valence-corrected chi connectivity index (χ4v) is 2.55. The minimum Gasteiger partial charge on any atom is -0.384 e. The molecule has 0 radical (unpaired) electrons. The average Bonchev–Trinajstić information content (AvgIpc) is 2.39. The fraction of sp³-hybridized carbons (Fsp3) is 0.615. The van der Waals surface area contributed by atoms with Crippen LogP contribution in [0.15, 0.2) is 23.1 Å². The molecule has 1 aliphatic rings. The van der Waals surface area contributed by atoms with Crippen LogP contribution in [0, 0.1) is 0 Å². The lowest BCUT2D eigenvalue weighted by Crippen LogP contribution is -2.30. The lowest BCUT2D eigenvalue weighted by Gasteiger charge is -2.29. The summed E-state index contributed by atoms with van der Waals surface area (Å²) >= 11 is 0. The van der Waals surface area contributed by atoms with Crippen molar-refractivity contribution in [3.63, 3.8) is 0 Å². The minimum absolute atomic E-state index is 0.0795. The molecule has 1 heterocycles. The highest BCUT2D eigenvalue weighted by atomic mass is 16.5. The van der Waals surface area contributed by atoms with Crippen molar-refractivity contribution in [1.82, 2.24) is 4.57 Å². The van der Waals surface area contributed by atoms with E-state index in [4.69, 9.17) is 4.74 Å². The molecule has 0 atom stereocenters. The molecule has 1 aromatic rings. The van der Waals surface area contributed by atoms with E-state index in [1.807, 2.05) is 22.9 Å². The smallest absolute Gasteiger partial charge is 0.274 e. The quantitative estimate of drug-likeness (QED) is 0.873. The predicted molar refractivity (Wildman–Crippen MR) is 68.6 cm³/mol. The van der Waals surface area contributed by atoms with Crippen LogP contribution in [0.3, 0.4) is 0 Å². The van der Waals surface area contributed by atoms with E-state index < -0.39 is 0 Å². The zero-order valence-electron chi connectivity index (χ0n) is 10.5. The Morgan fingerprint density at radius 1 is 1.35 bits per heavy atom. The maximum Gasteiger partial charge on any atom is 0.274 e. The largest absolute Gasteiger partial charge is 0.384 e. The van der Waals surface area contributed by atoms with Gasteiger partial charge < -0.3 is 14.6 Å². The summed E-state index contributed by atoms with van der Waals surface area (Å²) in [7, 11) is 3.54. The Morgan fingerprint density at radius 3 is 2.65 bits per heavy atom. The van der Waals surface area contributed by atoms with Crippen LogP contribution in [-0.4, -0.2) is 24.8 Å². The van der Waals surface area contributed by atoms with Gasteiger partial charge in [-0.2, -0.15) is 0 Å². The normalized spacial score (nSPS) is 24.6. The second kappa shape index (κ2) is 5.36. The van der Waals surface area contributed by atoms with E-state index in [1.54, 1.807) is 14.2 Å². The standard InChI is InChI=1S/C13H20N2O2/c1-14-12-4-3-9-15(13(12)16)10-5-7-11(17-2)8-6-10/h3-4,9-11,14H,5-8H2,1-2H3. The molecule has 4 heteroatoms. The van der Waals surface area contributed by atoms with Crippen molar-refractivity contribution in [2.24, 2.45) is 0 Å². The molecule has 0 amide bonds. The summed E-state index contributed by atoms with van der Waals surface area (Å²) in [5.41, 5.74) is 0.747. The van der Waals surface area contributed by atoms with Crippen LogP contribution in [0.2, 0.25) is 0 Å². The lowest BCUT2D eigenvalue weighted by atomic mass is 9.92. The Morgan fingerprint density at radius 2 is 2.06 bits per heavy atom. The summed E-state index contributed by atoms with van der Waals surface area (Å²) in [6.45, 7) is 0. The molecule has 0 aromatic carbocycles. The van der Waals surface area contributed by atoms with Crippen molar-refractivity contribution < 1.29 is 4.74 Å². The molecule has 1 aliphatic carbocycles. The number of rotatable bonds is 3. The number of pyridine rings is 1. The Hall–Kier alpha value is -1.29. The van der Waals surface area contributed by atoms with Crippen molar-refractivity contribution in [2.75, 3.05) is 19.5 Å². The van der Waals surface area contributed by atoms with Gasteiger partial charge in [0.15, 0.2) is 0 Å². The molecule has 0 aliphatic heterocycles. The van der Waals surface area contributed by atoms with Crippen LogP contribution in [0.5, 0.6) is 0 Å². The molecule has 0 bridgehead atoms. The van der Waals surface area contributed by atoms with Gasteiger partial charge in [-0.15, -0.1) is 0 Å². The molecule has 0 spiro atoms. The summed E-state index contributed by atoms with van der Waals surface area (Å²) < 4.78 is 7.21. The third-order valence-corrected chi connectivity index (χ3v) is 3.61. The van der Waals surface area contributed by atoms with Crippen LogP contribution < -0.4 is 10.9 Å². The van der Waals surface area contributed by atoms with Crippen molar-refractivity contribution in [3.8, 4) is 0 Å². The van der Waals surface area contributed by atoms with E-state index in [9.17, 15) is 4.79 Å². The molecular formula is C13H20N2O2. The number of ether oxygens (including phenoxy) is 1. The number of hydrogen-bond donors (Lipinski definition) is 1. The van der Waals surface area contributed by atoms with Gasteiger partial charge in [-0.05, 0) is 37.8 Å². The molecular weight excluding hydrogens is 216 g/mol. The highest BCUT2D eigenvalue weighted by Gasteiger charge is 2.22. The van der Waals surface area contributed by atoms with Crippen molar-refractivity contribution >= 4 is 5.69 Å². The van der Waals surface area contributed by atoms with E-state index in [0.717, 1.165) is 25.7 Å². The van der Waals surface area contributed by atoms with Crippen LogP contribution in [0.25, 0.3) is 0 Å². The number of nitrogens with one attached hydrogen (secondary N) is 1. The van der Waals surface area contributed by atoms with Gasteiger partial charge >= 0.3 is 0 Å². The topological polar surface area (TPSA) is 43.3 Å². The van der Waals surface area contributed by atoms with E-state index >= 15 is 0 Å². The molecule has 0 unspecified atom stereocenters. The second-order valence-electron chi connectivity index (χ2n) is 4.55. The Balaban J connectivity index is 2.16. The van der Waals surface area contributed by atoms with Gasteiger partial charge in [-0.3, -0.25) is 4.79 Å². The third-order valence-electron chi connectivity index (χ3n) is 3.61. The minimum atomic E-state index is 0.0795. The lowest BCUT2D eigenvalue weighted by molar-refractivity contribution is 0.0580. The molecule has 4 nitrogen and oxygen atoms in total. The highest BCUT2D eigenvalue weighted by Crippen LogP contribution is 2.28. The summed E-state index contributed by atoms with van der Waals surface area (Å²) in [5, 5.41) is 2.94. The SMILES string of the molecule is CNc1cccn(C2CCC(OC)CC2)c1=O. The van der Waals surface area contributed by atoms with E-state index in [0.29, 0.717) is 17.8 Å². The van der Waals surface area contributed by atoms with Gasteiger partial charge in [0, 0.05) is 26.4 Å². The first-order valence-electron chi connectivity index (χ1n) is 6.18. The Labute approximate surface area is 102 Å². The van der Waals surface area contributed by atoms with Crippen molar-refractivity contribution in [1.29, 1.82) is 0 Å². The van der Waals surface area contributed by atoms with Gasteiger partial charge in [0.05, 0.1) is 6.10 Å². The summed E-state index contributed by atoms with van der Waals surface area (Å²) in [4.78, 5) is 12.1. The first-order valence-corrected chi connectivity index (χ1v) is 6.18. The van der Waals surface area contributed by atoms with Crippen LogP contribution >= 0.6 is 0 Å². The van der Waals surface area contributed by atoms with Crippen LogP contribution in [0.4, 0.5) is 5.69 Å². The molecule has 1 fully saturated rings. The van der Waals surface area contributed by atoms with Crippen LogP contribution in [0.1, 0.15) is 31.7 Å². The molecule has 1 saturated carbocycles. The molecule has 1 N–H and O–H groups in total. The number of nitrogens with zero attached hydrogens (tertiary/aromatic N) is 1. The van der Waals surface area contributed by atoms with Gasteiger partial charge in [0.1, 0.15) is 5.69 Å². The van der Waals surface area contributed by atoms with E-state index in [2.05, 4.69) is 5.32 Å². The molecule has 17 heavy (non-hydrogen) atoms. The first kappa shape index (κ1) is 12.2. The van der Waals surface area contributed by atoms with Gasteiger partial charge in [0.2, 0.25) is 0 Å². The summed E-state index contributed by atoms with van der Waals surface area (Å²) in [6, 6.07) is 4.07. The summed E-state index contributed by atoms with van der Waals surface area (Å²) in [6.07, 6.45) is 6.38. The Bertz CT molecular complexity index is 420. The molecule has 0 saturated heterocycles. The third kappa shape index (κ3) is 2.52. The van der Waals surface area contributed by atoms with Crippen molar-refractivity contribution in [3.05, 3.63) is 28.7 Å². The first-order chi connectivity index (χ1) is 8.26. The number of methoxy groups -OCH3 is 1. The summed E-state index contributed by atoms with van der Waals surface area (Å²) in [5.74, 6) is 0. The molecule has 94 valence electrons. The van der Waals surface area contributed by atoms with Crippen LogP contribution in [-0.2, 0) is 4.74 Å². The number of hydrogen-bond acceptors (Lipinski definition) is 3. The predicted octanol–water partition coefficient (Wildman–Crippen LogP) is 2.02. The fourth-order valence-electron chi connectivity index (χ4n) is 2.55. The monoisotopic (exact) mass is 236 g/mol. The van der Waals surface area contributed by atoms with Gasteiger partial charge in [-0.1, -0.05) is 0 Å². The van der Waals surface area contributed by atoms with E-state index in [1.165, 1.54) is 0 Å². The van der Waals surface area contributed by atoms with E-state index in [-0.39, 0.29) is 5.56 Å². The number of anilines is 1. The molecule has 1 aromatic heterocycles. The molecule has 2 rings (SSSR count). The second-order valence-corrected chi connectivity index (χ2v) is 4.55. The Kier molecular flexibility index (Phi) is 3.84. The van der Waals surface area contributed by atoms with Crippen molar-refractivity contribution in [2.45, 2.75) is 37.8 Å². The average molecular weight is 236 g/mol. The van der Waals surface area contributed by atoms with Gasteiger partial charge in [0.25, 0.3) is 5.56 Å². The highest BCUT2D eigenvalue weighted by molar-refractivity contribution is 5.39. The maximum absolute atomic E-state index is 12.1. The number of aromatic nitrogens is 1. The zero-order valence-corrected chi connectivity index (χ0v) is 10.5.